The van der Waals surface area contributed by atoms with Crippen molar-refractivity contribution in [1.29, 1.82) is 0 Å². The third-order valence-corrected chi connectivity index (χ3v) is 4.40. The lowest BCUT2D eigenvalue weighted by Gasteiger charge is -2.11. The first-order valence-electron chi connectivity index (χ1n) is 8.35. The van der Waals surface area contributed by atoms with E-state index in [1.807, 2.05) is 0 Å². The molecule has 2 aromatic rings. The van der Waals surface area contributed by atoms with Crippen molar-refractivity contribution in [1.82, 2.24) is 0 Å². The molecule has 0 saturated heterocycles. The summed E-state index contributed by atoms with van der Waals surface area (Å²) in [4.78, 5) is 34.5. The Labute approximate surface area is 174 Å². The van der Waals surface area contributed by atoms with Crippen molar-refractivity contribution in [2.24, 2.45) is 0 Å². The van der Waals surface area contributed by atoms with Gasteiger partial charge in [-0.1, -0.05) is 23.2 Å². The number of hydrogen-bond donors (Lipinski definition) is 1. The van der Waals surface area contributed by atoms with E-state index in [9.17, 15) is 19.7 Å². The van der Waals surface area contributed by atoms with Crippen LogP contribution in [0.3, 0.4) is 0 Å². The summed E-state index contributed by atoms with van der Waals surface area (Å²) < 4.78 is 16.0. The molecule has 1 amide bonds. The predicted molar refractivity (Wildman–Crippen MR) is 104 cm³/mol. The Morgan fingerprint density at radius 2 is 1.90 bits per heavy atom. The molecule has 0 unspecified atom stereocenters. The highest BCUT2D eigenvalue weighted by Gasteiger charge is 2.20. The lowest BCUT2D eigenvalue weighted by Crippen LogP contribution is -2.21. The normalized spacial score (nSPS) is 12.6. The summed E-state index contributed by atoms with van der Waals surface area (Å²) in [6, 6.07) is 6.55. The van der Waals surface area contributed by atoms with Gasteiger partial charge in [0.2, 0.25) is 0 Å². The van der Waals surface area contributed by atoms with Gasteiger partial charge in [-0.2, -0.15) is 0 Å². The Hall–Kier alpha value is -3.04. The van der Waals surface area contributed by atoms with Crippen LogP contribution in [-0.2, 0) is 9.53 Å². The maximum Gasteiger partial charge on any atom is 0.338 e. The topological polar surface area (TPSA) is 117 Å². The molecule has 0 saturated carbocycles. The third kappa shape index (κ3) is 5.07. The molecule has 0 aromatic heterocycles. The number of rotatable bonds is 5. The van der Waals surface area contributed by atoms with Crippen LogP contribution in [0.4, 0.5) is 11.4 Å². The fraction of sp³-hybridized carbons (Fsp3) is 0.222. The van der Waals surface area contributed by atoms with Crippen LogP contribution in [0.2, 0.25) is 10.0 Å². The number of carbonyl (C=O) groups is 2. The summed E-state index contributed by atoms with van der Waals surface area (Å²) in [5.41, 5.74) is -0.127. The van der Waals surface area contributed by atoms with Crippen molar-refractivity contribution in [3.8, 4) is 11.5 Å². The Kier molecular flexibility index (Phi) is 6.40. The number of fused-ring (bicyclic) bond motifs is 1. The highest BCUT2D eigenvalue weighted by molar-refractivity contribution is 6.33. The van der Waals surface area contributed by atoms with Crippen LogP contribution in [0.25, 0.3) is 0 Å². The number of nitro benzene ring substituents is 1. The van der Waals surface area contributed by atoms with E-state index in [1.165, 1.54) is 24.3 Å². The number of nitro groups is 1. The van der Waals surface area contributed by atoms with E-state index >= 15 is 0 Å². The molecule has 11 heteroatoms. The van der Waals surface area contributed by atoms with Gasteiger partial charge in [-0.25, -0.2) is 4.79 Å². The molecule has 1 heterocycles. The fourth-order valence-electron chi connectivity index (χ4n) is 2.49. The van der Waals surface area contributed by atoms with Crippen molar-refractivity contribution >= 4 is 46.5 Å². The number of anilines is 1. The largest absolute Gasteiger partial charge is 0.489 e. The molecular formula is C18H14Cl2N2O7. The predicted octanol–water partition coefficient (Wildman–Crippen LogP) is 3.86. The zero-order valence-corrected chi connectivity index (χ0v) is 16.3. The van der Waals surface area contributed by atoms with Crippen LogP contribution >= 0.6 is 23.2 Å². The van der Waals surface area contributed by atoms with Gasteiger partial charge < -0.3 is 19.5 Å². The molecule has 3 rings (SSSR count). The van der Waals surface area contributed by atoms with Crippen LogP contribution in [-0.4, -0.2) is 36.6 Å². The zero-order valence-electron chi connectivity index (χ0n) is 14.8. The number of carbonyl (C=O) groups excluding carboxylic acids is 2. The van der Waals surface area contributed by atoms with Crippen LogP contribution in [0, 0.1) is 10.1 Å². The average Bonchev–Trinajstić information content (AvgIpc) is 2.93. The van der Waals surface area contributed by atoms with Gasteiger partial charge in [-0.05, 0) is 24.3 Å². The molecule has 1 aliphatic rings. The summed E-state index contributed by atoms with van der Waals surface area (Å²) in [5, 5.41) is 13.4. The van der Waals surface area contributed by atoms with Gasteiger partial charge >= 0.3 is 5.97 Å². The third-order valence-electron chi connectivity index (χ3n) is 3.80. The quantitative estimate of drug-likeness (QED) is 0.425. The number of hydrogen-bond acceptors (Lipinski definition) is 7. The van der Waals surface area contributed by atoms with Gasteiger partial charge in [0.25, 0.3) is 11.6 Å². The molecule has 1 aliphatic heterocycles. The van der Waals surface area contributed by atoms with E-state index in [1.54, 1.807) is 0 Å². The lowest BCUT2D eigenvalue weighted by molar-refractivity contribution is -0.384. The standard InChI is InChI=1S/C18H14Cl2N2O7/c19-12-3-2-11(8-14(12)22(25)26)21-16(23)9-29-18(24)10-6-13(20)17-15(7-10)27-4-1-5-28-17/h2-3,6-8H,1,4-5,9H2,(H,21,23). The molecule has 0 fully saturated rings. The molecule has 9 nitrogen and oxygen atoms in total. The minimum atomic E-state index is -0.792. The molecular weight excluding hydrogens is 427 g/mol. The van der Waals surface area contributed by atoms with Crippen molar-refractivity contribution in [3.05, 3.63) is 56.1 Å². The molecule has 29 heavy (non-hydrogen) atoms. The second kappa shape index (κ2) is 8.97. The molecule has 0 atom stereocenters. The van der Waals surface area contributed by atoms with Crippen molar-refractivity contribution < 1.29 is 28.7 Å². The van der Waals surface area contributed by atoms with Gasteiger partial charge in [-0.3, -0.25) is 14.9 Å². The summed E-state index contributed by atoms with van der Waals surface area (Å²) in [6.45, 7) is 0.248. The Morgan fingerprint density at radius 3 is 2.66 bits per heavy atom. The average molecular weight is 441 g/mol. The van der Waals surface area contributed by atoms with Crippen molar-refractivity contribution in [2.75, 3.05) is 25.1 Å². The van der Waals surface area contributed by atoms with Gasteiger partial charge in [0, 0.05) is 18.2 Å². The Morgan fingerprint density at radius 1 is 1.14 bits per heavy atom. The first-order chi connectivity index (χ1) is 13.8. The fourth-order valence-corrected chi connectivity index (χ4v) is 2.94. The van der Waals surface area contributed by atoms with Crippen LogP contribution < -0.4 is 14.8 Å². The molecule has 152 valence electrons. The summed E-state index contributed by atoms with van der Waals surface area (Å²) >= 11 is 11.8. The van der Waals surface area contributed by atoms with E-state index in [0.717, 1.165) is 6.07 Å². The number of nitrogens with one attached hydrogen (secondary N) is 1. The maximum absolute atomic E-state index is 12.2. The first kappa shape index (κ1) is 20.7. The Balaban J connectivity index is 1.63. The van der Waals surface area contributed by atoms with Gasteiger partial charge in [0.15, 0.2) is 18.1 Å². The summed E-state index contributed by atoms with van der Waals surface area (Å²) in [7, 11) is 0. The lowest BCUT2D eigenvalue weighted by atomic mass is 10.2. The van der Waals surface area contributed by atoms with E-state index in [0.29, 0.717) is 31.1 Å². The molecule has 0 spiro atoms. The molecule has 2 aromatic carbocycles. The number of halogens is 2. The van der Waals surface area contributed by atoms with Crippen LogP contribution in [0.1, 0.15) is 16.8 Å². The van der Waals surface area contributed by atoms with E-state index in [-0.39, 0.29) is 27.0 Å². The summed E-state index contributed by atoms with van der Waals surface area (Å²) in [5.74, 6) is -0.808. The minimum absolute atomic E-state index is 0.0642. The zero-order chi connectivity index (χ0) is 21.0. The highest BCUT2D eigenvalue weighted by atomic mass is 35.5. The number of benzene rings is 2. The van der Waals surface area contributed by atoms with E-state index < -0.39 is 23.4 Å². The number of esters is 1. The monoisotopic (exact) mass is 440 g/mol. The molecule has 0 bridgehead atoms. The molecule has 0 aliphatic carbocycles. The number of nitrogens with zero attached hydrogens (tertiary/aromatic N) is 1. The van der Waals surface area contributed by atoms with Gasteiger partial charge in [-0.15, -0.1) is 0 Å². The summed E-state index contributed by atoms with van der Waals surface area (Å²) in [6.07, 6.45) is 0.674. The SMILES string of the molecule is O=C(COC(=O)c1cc(Cl)c2c(c1)OCCCO2)Nc1ccc(Cl)c([N+](=O)[O-])c1. The van der Waals surface area contributed by atoms with E-state index in [4.69, 9.17) is 37.4 Å². The van der Waals surface area contributed by atoms with Gasteiger partial charge in [0.1, 0.15) is 5.02 Å². The van der Waals surface area contributed by atoms with Crippen molar-refractivity contribution in [2.45, 2.75) is 6.42 Å². The smallest absolute Gasteiger partial charge is 0.338 e. The second-order valence-corrected chi connectivity index (χ2v) is 6.70. The van der Waals surface area contributed by atoms with Crippen molar-refractivity contribution in [3.63, 3.8) is 0 Å². The minimum Gasteiger partial charge on any atom is -0.489 e. The number of amides is 1. The maximum atomic E-state index is 12.2. The number of ether oxygens (including phenoxy) is 3. The van der Waals surface area contributed by atoms with Crippen LogP contribution in [0.5, 0.6) is 11.5 Å². The molecule has 0 radical (unpaired) electrons. The highest BCUT2D eigenvalue weighted by Crippen LogP contribution is 2.38. The second-order valence-electron chi connectivity index (χ2n) is 5.88. The molecule has 1 N–H and O–H groups in total. The van der Waals surface area contributed by atoms with Gasteiger partial charge in [0.05, 0.1) is 28.7 Å². The Bertz CT molecular complexity index is 981. The van der Waals surface area contributed by atoms with Crippen LogP contribution in [0.15, 0.2) is 30.3 Å². The first-order valence-corrected chi connectivity index (χ1v) is 9.11. The van der Waals surface area contributed by atoms with E-state index in [2.05, 4.69) is 5.32 Å².